The highest BCUT2D eigenvalue weighted by Gasteiger charge is 2.42. The molecule has 1 aromatic heterocycles. The van der Waals surface area contributed by atoms with Crippen LogP contribution in [0.25, 0.3) is 10.9 Å². The summed E-state index contributed by atoms with van der Waals surface area (Å²) in [4.78, 5) is 2.63. The summed E-state index contributed by atoms with van der Waals surface area (Å²) in [6, 6.07) is 19.7. The Morgan fingerprint density at radius 2 is 1.63 bits per heavy atom. The highest BCUT2D eigenvalue weighted by molar-refractivity contribution is 5.79. The Balaban J connectivity index is 1.11. The summed E-state index contributed by atoms with van der Waals surface area (Å²) >= 11 is 0. The molecule has 2 aliphatic heterocycles. The number of rotatable bonds is 5. The summed E-state index contributed by atoms with van der Waals surface area (Å²) in [5, 5.41) is 1.34. The molecule has 140 valence electrons. The maximum atomic E-state index is 6.29. The van der Waals surface area contributed by atoms with Crippen molar-refractivity contribution in [1.82, 2.24) is 9.47 Å². The number of aryl methyl sites for hydroxylation is 1. The first-order valence-corrected chi connectivity index (χ1v) is 10.3. The van der Waals surface area contributed by atoms with Gasteiger partial charge in [0, 0.05) is 31.3 Å². The molecule has 0 N–H and O–H groups in total. The van der Waals surface area contributed by atoms with Crippen LogP contribution in [0.1, 0.15) is 36.8 Å². The van der Waals surface area contributed by atoms with Crippen LogP contribution < -0.4 is 0 Å². The van der Waals surface area contributed by atoms with Crippen LogP contribution in [0.15, 0.2) is 60.8 Å². The zero-order chi connectivity index (χ0) is 18.1. The Morgan fingerprint density at radius 3 is 2.56 bits per heavy atom. The third kappa shape index (κ3) is 3.19. The van der Waals surface area contributed by atoms with E-state index in [1.807, 2.05) is 0 Å². The molecule has 1 saturated heterocycles. The van der Waals surface area contributed by atoms with E-state index in [9.17, 15) is 0 Å². The van der Waals surface area contributed by atoms with E-state index >= 15 is 0 Å². The molecular formula is C24H28N2O. The van der Waals surface area contributed by atoms with Crippen molar-refractivity contribution < 1.29 is 4.74 Å². The van der Waals surface area contributed by atoms with Gasteiger partial charge in [0.05, 0.1) is 12.2 Å². The van der Waals surface area contributed by atoms with E-state index < -0.39 is 0 Å². The third-order valence-corrected chi connectivity index (χ3v) is 6.48. The Bertz CT molecular complexity index is 921. The lowest BCUT2D eigenvalue weighted by molar-refractivity contribution is -0.0788. The van der Waals surface area contributed by atoms with E-state index in [1.165, 1.54) is 41.4 Å². The Kier molecular flexibility index (Phi) is 4.50. The second kappa shape index (κ2) is 7.14. The molecule has 2 aromatic carbocycles. The van der Waals surface area contributed by atoms with Crippen LogP contribution in [-0.4, -0.2) is 29.1 Å². The molecule has 0 unspecified atom stereocenters. The van der Waals surface area contributed by atoms with E-state index in [1.54, 1.807) is 0 Å². The average molecular weight is 361 g/mol. The quantitative estimate of drug-likeness (QED) is 0.600. The van der Waals surface area contributed by atoms with Gasteiger partial charge in [-0.25, -0.2) is 0 Å². The number of unbranched alkanes of at least 4 members (excludes halogenated alkanes) is 1. The average Bonchev–Trinajstić information content (AvgIpc) is 3.29. The van der Waals surface area contributed by atoms with Crippen LogP contribution in [0.5, 0.6) is 0 Å². The molecule has 0 saturated carbocycles. The number of piperidine rings is 1. The molecule has 3 heteroatoms. The minimum absolute atomic E-state index is 0.00283. The molecule has 5 rings (SSSR count). The number of fused-ring (bicyclic) bond motifs is 3. The molecule has 0 aliphatic carbocycles. The second-order valence-electron chi connectivity index (χ2n) is 8.06. The van der Waals surface area contributed by atoms with Crippen molar-refractivity contribution in [2.45, 2.75) is 44.4 Å². The topological polar surface area (TPSA) is 17.4 Å². The van der Waals surface area contributed by atoms with Crippen molar-refractivity contribution >= 4 is 10.9 Å². The lowest BCUT2D eigenvalue weighted by Crippen LogP contribution is -2.42. The normalized spacial score (nSPS) is 19.0. The maximum Gasteiger partial charge on any atom is 0.0963 e. The molecule has 3 nitrogen and oxygen atoms in total. The molecule has 1 spiro atoms. The van der Waals surface area contributed by atoms with Gasteiger partial charge in [-0.3, -0.25) is 0 Å². The van der Waals surface area contributed by atoms with Gasteiger partial charge in [0.2, 0.25) is 0 Å². The largest absolute Gasteiger partial charge is 0.365 e. The first kappa shape index (κ1) is 17.0. The van der Waals surface area contributed by atoms with Gasteiger partial charge in [-0.1, -0.05) is 42.5 Å². The molecule has 3 heterocycles. The summed E-state index contributed by atoms with van der Waals surface area (Å²) < 4.78 is 8.68. The van der Waals surface area contributed by atoms with Crippen LogP contribution in [0, 0.1) is 0 Å². The highest BCUT2D eigenvalue weighted by atomic mass is 16.5. The number of nitrogens with zero attached hydrogens (tertiary/aromatic N) is 2. The van der Waals surface area contributed by atoms with Crippen molar-refractivity contribution in [3.8, 4) is 0 Å². The Morgan fingerprint density at radius 1 is 0.852 bits per heavy atom. The fourth-order valence-electron chi connectivity index (χ4n) is 4.89. The lowest BCUT2D eigenvalue weighted by Gasteiger charge is -2.39. The smallest absolute Gasteiger partial charge is 0.0963 e. The van der Waals surface area contributed by atoms with Crippen LogP contribution >= 0.6 is 0 Å². The van der Waals surface area contributed by atoms with Crippen molar-refractivity contribution in [3.63, 3.8) is 0 Å². The number of hydrogen-bond donors (Lipinski definition) is 0. The van der Waals surface area contributed by atoms with Gasteiger partial charge in [-0.15, -0.1) is 0 Å². The highest BCUT2D eigenvalue weighted by Crippen LogP contribution is 2.43. The van der Waals surface area contributed by atoms with Gasteiger partial charge < -0.3 is 14.2 Å². The molecule has 0 bridgehead atoms. The van der Waals surface area contributed by atoms with E-state index in [4.69, 9.17) is 4.74 Å². The van der Waals surface area contributed by atoms with Gasteiger partial charge in [0.25, 0.3) is 0 Å². The van der Waals surface area contributed by atoms with E-state index in [0.717, 1.165) is 39.1 Å². The molecule has 3 aromatic rings. The maximum absolute atomic E-state index is 6.29. The molecule has 27 heavy (non-hydrogen) atoms. The number of benzene rings is 2. The lowest BCUT2D eigenvalue weighted by atomic mass is 9.84. The van der Waals surface area contributed by atoms with Gasteiger partial charge in [-0.2, -0.15) is 0 Å². The summed E-state index contributed by atoms with van der Waals surface area (Å²) in [5.41, 5.74) is 4.19. The first-order valence-electron chi connectivity index (χ1n) is 10.3. The number of para-hydroxylation sites is 1. The predicted octanol–water partition coefficient (Wildman–Crippen LogP) is 4.94. The number of hydrogen-bond acceptors (Lipinski definition) is 2. The van der Waals surface area contributed by atoms with Gasteiger partial charge in [0.15, 0.2) is 0 Å². The van der Waals surface area contributed by atoms with Gasteiger partial charge in [0.1, 0.15) is 0 Å². The van der Waals surface area contributed by atoms with E-state index in [-0.39, 0.29) is 5.60 Å². The molecule has 0 amide bonds. The first-order chi connectivity index (χ1) is 13.3. The van der Waals surface area contributed by atoms with Crippen molar-refractivity contribution in [1.29, 1.82) is 0 Å². The third-order valence-electron chi connectivity index (χ3n) is 6.48. The van der Waals surface area contributed by atoms with Gasteiger partial charge >= 0.3 is 0 Å². The van der Waals surface area contributed by atoms with Crippen molar-refractivity contribution in [2.24, 2.45) is 0 Å². The standard InChI is InChI=1S/C24H28N2O/c1-3-9-22-21(8-1)19-27-24(22)12-17-25(18-13-24)14-5-6-15-26-16-11-20-7-2-4-10-23(20)26/h1-4,7-11,16H,5-6,12-15,17-19H2. The van der Waals surface area contributed by atoms with Crippen molar-refractivity contribution in [2.75, 3.05) is 19.6 Å². The minimum Gasteiger partial charge on any atom is -0.365 e. The monoisotopic (exact) mass is 360 g/mol. The Hall–Kier alpha value is -2.10. The van der Waals surface area contributed by atoms with E-state index in [2.05, 4.69) is 70.3 Å². The van der Waals surface area contributed by atoms with Gasteiger partial charge in [-0.05, 0) is 60.9 Å². The van der Waals surface area contributed by atoms with Crippen LogP contribution in [0.3, 0.4) is 0 Å². The minimum atomic E-state index is -0.00283. The van der Waals surface area contributed by atoms with Crippen LogP contribution in [0.4, 0.5) is 0 Å². The number of likely N-dealkylation sites (tertiary alicyclic amines) is 1. The number of aromatic nitrogens is 1. The summed E-state index contributed by atoms with van der Waals surface area (Å²) in [6.45, 7) is 5.42. The fraction of sp³-hybridized carbons (Fsp3) is 0.417. The molecule has 0 radical (unpaired) electrons. The van der Waals surface area contributed by atoms with Crippen LogP contribution in [-0.2, 0) is 23.5 Å². The van der Waals surface area contributed by atoms with E-state index in [0.29, 0.717) is 0 Å². The molecule has 2 aliphatic rings. The SMILES string of the molecule is c1ccc2c(c1)COC21CCN(CCCCn2ccc3ccccc32)CC1. The van der Waals surface area contributed by atoms with Crippen molar-refractivity contribution in [3.05, 3.63) is 71.9 Å². The fourth-order valence-corrected chi connectivity index (χ4v) is 4.89. The summed E-state index contributed by atoms with van der Waals surface area (Å²) in [7, 11) is 0. The predicted molar refractivity (Wildman–Crippen MR) is 110 cm³/mol. The zero-order valence-corrected chi connectivity index (χ0v) is 15.9. The summed E-state index contributed by atoms with van der Waals surface area (Å²) in [6.07, 6.45) is 6.99. The molecular weight excluding hydrogens is 332 g/mol. The molecule has 1 fully saturated rings. The molecule has 0 atom stereocenters. The van der Waals surface area contributed by atoms with Crippen LogP contribution in [0.2, 0.25) is 0 Å². The Labute approximate surface area is 161 Å². The zero-order valence-electron chi connectivity index (χ0n) is 15.9. The number of ether oxygens (including phenoxy) is 1. The second-order valence-corrected chi connectivity index (χ2v) is 8.06. The summed E-state index contributed by atoms with van der Waals surface area (Å²) in [5.74, 6) is 0.